The van der Waals surface area contributed by atoms with Crippen LogP contribution in [0.25, 0.3) is 10.9 Å². The first-order valence-electron chi connectivity index (χ1n) is 7.73. The van der Waals surface area contributed by atoms with Crippen LogP contribution in [0.4, 0.5) is 0 Å². The van der Waals surface area contributed by atoms with Crippen LogP contribution in [-0.4, -0.2) is 36.1 Å². The van der Waals surface area contributed by atoms with Gasteiger partial charge in [-0.15, -0.1) is 0 Å². The number of ketones is 1. The molecule has 1 heterocycles. The van der Waals surface area contributed by atoms with Gasteiger partial charge in [0.2, 0.25) is 5.78 Å². The number of hydrogen-bond donors (Lipinski definition) is 2. The van der Waals surface area contributed by atoms with E-state index in [9.17, 15) is 14.7 Å². The molecule has 3 aromatic rings. The fourth-order valence-corrected chi connectivity index (χ4v) is 3.05. The van der Waals surface area contributed by atoms with Gasteiger partial charge in [-0.3, -0.25) is 9.59 Å². The summed E-state index contributed by atoms with van der Waals surface area (Å²) in [7, 11) is 2.97. The SMILES string of the molecule is COc1ccc(C(=O)c2[nH]c3cc(Cl)ccc3c2CC(=O)O)c(OC)c1. The van der Waals surface area contributed by atoms with Gasteiger partial charge in [0.25, 0.3) is 0 Å². The molecule has 1 aromatic heterocycles. The number of fused-ring (bicyclic) bond motifs is 1. The van der Waals surface area contributed by atoms with Crippen LogP contribution in [0, 0.1) is 0 Å². The Hall–Kier alpha value is -2.99. The highest BCUT2D eigenvalue weighted by atomic mass is 35.5. The molecule has 0 unspecified atom stereocenters. The molecule has 0 spiro atoms. The van der Waals surface area contributed by atoms with E-state index in [1.165, 1.54) is 14.2 Å². The predicted octanol–water partition coefficient (Wildman–Crippen LogP) is 3.70. The van der Waals surface area contributed by atoms with Crippen molar-refractivity contribution in [3.05, 3.63) is 58.2 Å². The zero-order valence-corrected chi connectivity index (χ0v) is 14.9. The van der Waals surface area contributed by atoms with Crippen molar-refractivity contribution in [3.63, 3.8) is 0 Å². The van der Waals surface area contributed by atoms with Crippen LogP contribution in [0.3, 0.4) is 0 Å². The van der Waals surface area contributed by atoms with Gasteiger partial charge in [-0.05, 0) is 24.3 Å². The van der Waals surface area contributed by atoms with E-state index in [1.54, 1.807) is 36.4 Å². The smallest absolute Gasteiger partial charge is 0.307 e. The maximum Gasteiger partial charge on any atom is 0.307 e. The Morgan fingerprint density at radius 1 is 1.12 bits per heavy atom. The molecule has 0 saturated carbocycles. The Morgan fingerprint density at radius 3 is 2.54 bits per heavy atom. The minimum absolute atomic E-state index is 0.202. The molecular weight excluding hydrogens is 358 g/mol. The predicted molar refractivity (Wildman–Crippen MR) is 97.6 cm³/mol. The van der Waals surface area contributed by atoms with Gasteiger partial charge in [-0.25, -0.2) is 0 Å². The molecule has 0 bridgehead atoms. The molecule has 2 aromatic carbocycles. The van der Waals surface area contributed by atoms with Crippen molar-refractivity contribution in [2.45, 2.75) is 6.42 Å². The first-order chi connectivity index (χ1) is 12.4. The number of benzene rings is 2. The van der Waals surface area contributed by atoms with Crippen molar-refractivity contribution in [2.75, 3.05) is 14.2 Å². The molecule has 0 atom stereocenters. The number of carboxylic acids is 1. The number of aromatic amines is 1. The Balaban J connectivity index is 2.18. The van der Waals surface area contributed by atoms with Crippen LogP contribution >= 0.6 is 11.6 Å². The van der Waals surface area contributed by atoms with E-state index in [1.807, 2.05) is 0 Å². The zero-order valence-electron chi connectivity index (χ0n) is 14.1. The maximum absolute atomic E-state index is 13.1. The highest BCUT2D eigenvalue weighted by Gasteiger charge is 2.23. The van der Waals surface area contributed by atoms with Crippen LogP contribution in [0.5, 0.6) is 11.5 Å². The summed E-state index contributed by atoms with van der Waals surface area (Å²) in [6.45, 7) is 0. The second-order valence-electron chi connectivity index (χ2n) is 5.63. The van der Waals surface area contributed by atoms with Gasteiger partial charge in [0.1, 0.15) is 11.5 Å². The third-order valence-electron chi connectivity index (χ3n) is 4.08. The molecule has 0 radical (unpaired) electrons. The molecule has 0 fully saturated rings. The Morgan fingerprint density at radius 2 is 1.88 bits per heavy atom. The quantitative estimate of drug-likeness (QED) is 0.643. The minimum atomic E-state index is -1.03. The number of carbonyl (C=O) groups is 2. The maximum atomic E-state index is 13.1. The Kier molecular flexibility index (Phi) is 4.86. The summed E-state index contributed by atoms with van der Waals surface area (Å²) in [6.07, 6.45) is -0.291. The van der Waals surface area contributed by atoms with E-state index >= 15 is 0 Å². The van der Waals surface area contributed by atoms with Crippen molar-refractivity contribution in [1.29, 1.82) is 0 Å². The number of halogens is 1. The fraction of sp³-hybridized carbons (Fsp3) is 0.158. The average molecular weight is 374 g/mol. The summed E-state index contributed by atoms with van der Waals surface area (Å²) in [4.78, 5) is 27.4. The first-order valence-corrected chi connectivity index (χ1v) is 8.11. The van der Waals surface area contributed by atoms with E-state index < -0.39 is 5.97 Å². The van der Waals surface area contributed by atoms with Crippen LogP contribution in [-0.2, 0) is 11.2 Å². The standard InChI is InChI=1S/C19H16ClNO5/c1-25-11-4-6-13(16(8-11)26-2)19(24)18-14(9-17(22)23)12-5-3-10(20)7-15(12)21-18/h3-8,21H,9H2,1-2H3,(H,22,23). The van der Waals surface area contributed by atoms with Crippen LogP contribution in [0.1, 0.15) is 21.6 Å². The highest BCUT2D eigenvalue weighted by molar-refractivity contribution is 6.31. The van der Waals surface area contributed by atoms with Crippen LogP contribution in [0.15, 0.2) is 36.4 Å². The summed E-state index contributed by atoms with van der Waals surface area (Å²) in [6, 6.07) is 9.85. The van der Waals surface area contributed by atoms with E-state index in [-0.39, 0.29) is 17.9 Å². The lowest BCUT2D eigenvalue weighted by Gasteiger charge is -2.10. The average Bonchev–Trinajstić information content (AvgIpc) is 2.97. The number of H-pyrrole nitrogens is 1. The highest BCUT2D eigenvalue weighted by Crippen LogP contribution is 2.31. The molecule has 26 heavy (non-hydrogen) atoms. The molecule has 2 N–H and O–H groups in total. The summed E-state index contributed by atoms with van der Waals surface area (Å²) in [5.74, 6) is -0.510. The lowest BCUT2D eigenvalue weighted by Crippen LogP contribution is -2.10. The summed E-state index contributed by atoms with van der Waals surface area (Å²) in [5, 5.41) is 10.4. The molecule has 0 saturated heterocycles. The number of aromatic nitrogens is 1. The monoisotopic (exact) mass is 373 g/mol. The van der Waals surface area contributed by atoms with E-state index in [2.05, 4.69) is 4.98 Å². The third kappa shape index (κ3) is 3.23. The minimum Gasteiger partial charge on any atom is -0.497 e. The molecule has 7 heteroatoms. The first kappa shape index (κ1) is 17.8. The van der Waals surface area contributed by atoms with Crippen molar-refractivity contribution in [3.8, 4) is 11.5 Å². The lowest BCUT2D eigenvalue weighted by molar-refractivity contribution is -0.136. The summed E-state index contributed by atoms with van der Waals surface area (Å²) in [5.41, 5.74) is 1.52. The van der Waals surface area contributed by atoms with Gasteiger partial charge in [0, 0.05) is 27.6 Å². The van der Waals surface area contributed by atoms with E-state index in [0.717, 1.165) is 0 Å². The second-order valence-corrected chi connectivity index (χ2v) is 6.07. The largest absolute Gasteiger partial charge is 0.497 e. The topological polar surface area (TPSA) is 88.6 Å². The van der Waals surface area contributed by atoms with Crippen molar-refractivity contribution >= 4 is 34.3 Å². The zero-order chi connectivity index (χ0) is 18.8. The molecule has 134 valence electrons. The number of aliphatic carboxylic acids is 1. The van der Waals surface area contributed by atoms with Crippen molar-refractivity contribution in [1.82, 2.24) is 4.98 Å². The Bertz CT molecular complexity index is 1010. The summed E-state index contributed by atoms with van der Waals surface area (Å²) >= 11 is 6.01. The van der Waals surface area contributed by atoms with Gasteiger partial charge in [0.15, 0.2) is 0 Å². The molecule has 0 aliphatic heterocycles. The fourth-order valence-electron chi connectivity index (χ4n) is 2.88. The Labute approximate surface area is 154 Å². The van der Waals surface area contributed by atoms with Gasteiger partial charge in [0.05, 0.1) is 31.9 Å². The second kappa shape index (κ2) is 7.09. The van der Waals surface area contributed by atoms with Gasteiger partial charge in [-0.2, -0.15) is 0 Å². The number of methoxy groups -OCH3 is 2. The van der Waals surface area contributed by atoms with Crippen molar-refractivity contribution in [2.24, 2.45) is 0 Å². The van der Waals surface area contributed by atoms with E-state index in [4.69, 9.17) is 21.1 Å². The number of carboxylic acid groups (broad SMARTS) is 1. The van der Waals surface area contributed by atoms with E-state index in [0.29, 0.717) is 38.6 Å². The van der Waals surface area contributed by atoms with Crippen molar-refractivity contribution < 1.29 is 24.2 Å². The number of ether oxygens (including phenoxy) is 2. The third-order valence-corrected chi connectivity index (χ3v) is 4.31. The number of hydrogen-bond acceptors (Lipinski definition) is 4. The molecule has 0 aliphatic rings. The van der Waals surface area contributed by atoms with Gasteiger partial charge < -0.3 is 19.6 Å². The lowest BCUT2D eigenvalue weighted by atomic mass is 10.0. The molecule has 3 rings (SSSR count). The molecule has 0 aliphatic carbocycles. The normalized spacial score (nSPS) is 10.7. The van der Waals surface area contributed by atoms with Crippen LogP contribution < -0.4 is 9.47 Å². The molecule has 0 amide bonds. The number of rotatable bonds is 6. The number of nitrogens with one attached hydrogen (secondary N) is 1. The number of carbonyl (C=O) groups excluding carboxylic acids is 1. The van der Waals surface area contributed by atoms with Gasteiger partial charge in [-0.1, -0.05) is 17.7 Å². The molecular formula is C19H16ClNO5. The van der Waals surface area contributed by atoms with Crippen LogP contribution in [0.2, 0.25) is 5.02 Å². The molecule has 6 nitrogen and oxygen atoms in total. The van der Waals surface area contributed by atoms with Gasteiger partial charge >= 0.3 is 5.97 Å². The summed E-state index contributed by atoms with van der Waals surface area (Å²) < 4.78 is 10.4.